The average molecular weight is 336 g/mol. The molecular formula is C19H37BO2Si. The molecule has 0 aromatic rings. The zero-order chi connectivity index (χ0) is 18.1. The molecule has 0 aromatic carbocycles. The molecule has 0 aliphatic carbocycles. The lowest BCUT2D eigenvalue weighted by molar-refractivity contribution is 0.00578. The summed E-state index contributed by atoms with van der Waals surface area (Å²) in [5, 5.41) is 0. The fourth-order valence-corrected chi connectivity index (χ4v) is 9.22. The van der Waals surface area contributed by atoms with E-state index in [1.54, 1.807) is 0 Å². The van der Waals surface area contributed by atoms with Gasteiger partial charge in [0.1, 0.15) is 8.07 Å². The van der Waals surface area contributed by atoms with E-state index in [-0.39, 0.29) is 18.3 Å². The second-order valence-electron chi connectivity index (χ2n) is 8.92. The van der Waals surface area contributed by atoms with Gasteiger partial charge in [0.15, 0.2) is 0 Å². The monoisotopic (exact) mass is 336 g/mol. The normalized spacial score (nSPS) is 20.3. The molecule has 0 radical (unpaired) electrons. The Bertz CT molecular complexity index is 420. The number of rotatable bonds is 5. The first-order valence-corrected chi connectivity index (χ1v) is 11.5. The zero-order valence-corrected chi connectivity index (χ0v) is 18.0. The molecule has 0 unspecified atom stereocenters. The third-order valence-electron chi connectivity index (χ3n) is 5.98. The molecule has 132 valence electrons. The van der Waals surface area contributed by atoms with Crippen molar-refractivity contribution in [2.45, 2.75) is 110 Å². The van der Waals surface area contributed by atoms with Crippen LogP contribution in [0.25, 0.3) is 0 Å². The Labute approximate surface area is 146 Å². The molecule has 1 heterocycles. The molecule has 1 saturated heterocycles. The highest BCUT2D eigenvalue weighted by molar-refractivity contribution is 6.90. The van der Waals surface area contributed by atoms with Crippen molar-refractivity contribution >= 4 is 15.2 Å². The first-order valence-electron chi connectivity index (χ1n) is 9.22. The van der Waals surface area contributed by atoms with Crippen LogP contribution in [-0.4, -0.2) is 26.4 Å². The minimum Gasteiger partial charge on any atom is -0.403 e. The molecule has 0 saturated carbocycles. The van der Waals surface area contributed by atoms with Gasteiger partial charge in [-0.15, -0.1) is 11.5 Å². The van der Waals surface area contributed by atoms with Crippen LogP contribution in [0.15, 0.2) is 0 Å². The van der Waals surface area contributed by atoms with Gasteiger partial charge in [0, 0.05) is 6.42 Å². The maximum Gasteiger partial charge on any atom is 0.458 e. The highest BCUT2D eigenvalue weighted by Gasteiger charge is 2.50. The van der Waals surface area contributed by atoms with Crippen LogP contribution in [-0.2, 0) is 9.31 Å². The van der Waals surface area contributed by atoms with Crippen LogP contribution in [0.4, 0.5) is 0 Å². The maximum atomic E-state index is 6.06. The van der Waals surface area contributed by atoms with E-state index in [9.17, 15) is 0 Å². The molecule has 0 N–H and O–H groups in total. The lowest BCUT2D eigenvalue weighted by atomic mass is 9.83. The summed E-state index contributed by atoms with van der Waals surface area (Å²) in [6, 6.07) is 0. The molecular weight excluding hydrogens is 299 g/mol. The quantitative estimate of drug-likeness (QED) is 0.474. The van der Waals surface area contributed by atoms with E-state index in [2.05, 4.69) is 80.7 Å². The van der Waals surface area contributed by atoms with Gasteiger partial charge in [0.2, 0.25) is 0 Å². The third-order valence-corrected chi connectivity index (χ3v) is 12.3. The molecule has 2 nitrogen and oxygen atoms in total. The summed E-state index contributed by atoms with van der Waals surface area (Å²) in [5.41, 5.74) is 5.36. The first kappa shape index (κ1) is 20.8. The average Bonchev–Trinajstić information content (AvgIpc) is 2.56. The van der Waals surface area contributed by atoms with Gasteiger partial charge in [0.05, 0.1) is 11.2 Å². The van der Waals surface area contributed by atoms with Crippen LogP contribution >= 0.6 is 0 Å². The molecule has 1 aliphatic rings. The standard InChI is InChI=1S/C19H37BO2Si/c1-15(2)23(16(3)4,17(5)6)14-12-11-13-20-21-18(7,8)19(9,10)22-20/h15-17H,11,13H2,1-10H3. The summed E-state index contributed by atoms with van der Waals surface area (Å²) >= 11 is 0. The minimum atomic E-state index is -1.60. The molecule has 0 spiro atoms. The van der Waals surface area contributed by atoms with E-state index in [0.29, 0.717) is 16.6 Å². The molecule has 0 aromatic heterocycles. The van der Waals surface area contributed by atoms with E-state index >= 15 is 0 Å². The second-order valence-corrected chi connectivity index (χ2v) is 14.5. The summed E-state index contributed by atoms with van der Waals surface area (Å²) in [6.45, 7) is 22.6. The van der Waals surface area contributed by atoms with E-state index in [4.69, 9.17) is 9.31 Å². The van der Waals surface area contributed by atoms with Crippen molar-refractivity contribution in [3.8, 4) is 11.5 Å². The number of hydrogen-bond donors (Lipinski definition) is 0. The SMILES string of the molecule is CC(C)[Si](C#CCCB1OC(C)(C)C(C)(C)O1)(C(C)C)C(C)C. The Balaban J connectivity index is 2.74. The van der Waals surface area contributed by atoms with E-state index in [1.165, 1.54) is 0 Å². The lowest BCUT2D eigenvalue weighted by Crippen LogP contribution is -2.43. The van der Waals surface area contributed by atoms with Crippen molar-refractivity contribution in [3.05, 3.63) is 0 Å². The topological polar surface area (TPSA) is 18.5 Å². The molecule has 1 aliphatic heterocycles. The molecule has 0 amide bonds. The Kier molecular flexibility index (Phi) is 6.64. The summed E-state index contributed by atoms with van der Waals surface area (Å²) in [4.78, 5) is 0. The molecule has 4 heteroatoms. The summed E-state index contributed by atoms with van der Waals surface area (Å²) in [6.07, 6.45) is 1.72. The molecule has 1 fully saturated rings. The number of hydrogen-bond acceptors (Lipinski definition) is 2. The van der Waals surface area contributed by atoms with Gasteiger partial charge >= 0.3 is 7.12 Å². The molecule has 23 heavy (non-hydrogen) atoms. The van der Waals surface area contributed by atoms with Gasteiger partial charge in [-0.05, 0) is 50.6 Å². The van der Waals surface area contributed by atoms with Crippen LogP contribution in [0.5, 0.6) is 0 Å². The van der Waals surface area contributed by atoms with Gasteiger partial charge in [-0.3, -0.25) is 0 Å². The Morgan fingerprint density at radius 2 is 1.22 bits per heavy atom. The van der Waals surface area contributed by atoms with E-state index in [0.717, 1.165) is 12.7 Å². The van der Waals surface area contributed by atoms with Gasteiger partial charge in [-0.25, -0.2) is 0 Å². The van der Waals surface area contributed by atoms with E-state index < -0.39 is 8.07 Å². The van der Waals surface area contributed by atoms with Gasteiger partial charge < -0.3 is 9.31 Å². The first-order chi connectivity index (χ1) is 10.4. The van der Waals surface area contributed by atoms with Gasteiger partial charge in [-0.2, -0.15) is 0 Å². The van der Waals surface area contributed by atoms with E-state index in [1.807, 2.05) is 0 Å². The third kappa shape index (κ3) is 4.24. The van der Waals surface area contributed by atoms with Gasteiger partial charge in [0.25, 0.3) is 0 Å². The summed E-state index contributed by atoms with van der Waals surface area (Å²) in [5.74, 6) is 3.50. The van der Waals surface area contributed by atoms with Crippen molar-refractivity contribution in [1.29, 1.82) is 0 Å². The largest absolute Gasteiger partial charge is 0.458 e. The predicted molar refractivity (Wildman–Crippen MR) is 104 cm³/mol. The van der Waals surface area contributed by atoms with Crippen molar-refractivity contribution in [3.63, 3.8) is 0 Å². The molecule has 1 rings (SSSR count). The van der Waals surface area contributed by atoms with Crippen molar-refractivity contribution in [2.75, 3.05) is 0 Å². The summed E-state index contributed by atoms with van der Waals surface area (Å²) in [7, 11) is -1.73. The van der Waals surface area contributed by atoms with Gasteiger partial charge in [-0.1, -0.05) is 41.5 Å². The van der Waals surface area contributed by atoms with Crippen LogP contribution in [0.1, 0.15) is 75.7 Å². The van der Waals surface area contributed by atoms with Crippen molar-refractivity contribution in [1.82, 2.24) is 0 Å². The Morgan fingerprint density at radius 3 is 1.57 bits per heavy atom. The lowest BCUT2D eigenvalue weighted by Gasteiger charge is -2.38. The van der Waals surface area contributed by atoms with Crippen molar-refractivity contribution < 1.29 is 9.31 Å². The van der Waals surface area contributed by atoms with Crippen LogP contribution < -0.4 is 0 Å². The van der Waals surface area contributed by atoms with Crippen LogP contribution in [0, 0.1) is 11.5 Å². The predicted octanol–water partition coefficient (Wildman–Crippen LogP) is 5.69. The Morgan fingerprint density at radius 1 is 0.826 bits per heavy atom. The second kappa shape index (κ2) is 7.33. The fourth-order valence-electron chi connectivity index (χ4n) is 3.92. The van der Waals surface area contributed by atoms with Crippen molar-refractivity contribution in [2.24, 2.45) is 0 Å². The summed E-state index contributed by atoms with van der Waals surface area (Å²) < 4.78 is 12.1. The minimum absolute atomic E-state index is 0.123. The van der Waals surface area contributed by atoms with Crippen LogP contribution in [0.3, 0.4) is 0 Å². The maximum absolute atomic E-state index is 6.06. The Hall–Kier alpha value is -0.238. The highest BCUT2D eigenvalue weighted by Crippen LogP contribution is 2.41. The molecule has 0 bridgehead atoms. The fraction of sp³-hybridized carbons (Fsp3) is 0.895. The highest BCUT2D eigenvalue weighted by atomic mass is 28.3. The smallest absolute Gasteiger partial charge is 0.403 e. The molecule has 0 atom stereocenters. The van der Waals surface area contributed by atoms with Crippen LogP contribution in [0.2, 0.25) is 22.9 Å². The zero-order valence-electron chi connectivity index (χ0n) is 17.0.